The third kappa shape index (κ3) is 7.94. The van der Waals surface area contributed by atoms with E-state index < -0.39 is 40.0 Å². The van der Waals surface area contributed by atoms with Gasteiger partial charge in [-0.15, -0.1) is 5.10 Å². The zero-order valence-corrected chi connectivity index (χ0v) is 25.0. The van der Waals surface area contributed by atoms with Crippen molar-refractivity contribution in [2.45, 2.75) is 56.7 Å². The van der Waals surface area contributed by atoms with Gasteiger partial charge in [-0.1, -0.05) is 79.7 Å². The number of hydrogen-bond donors (Lipinski definition) is 4. The van der Waals surface area contributed by atoms with Gasteiger partial charge in [-0.05, 0) is 35.6 Å². The Bertz CT molecular complexity index is 1740. The summed E-state index contributed by atoms with van der Waals surface area (Å²) in [7, 11) is -4.06. The van der Waals surface area contributed by atoms with Gasteiger partial charge < -0.3 is 15.5 Å². The van der Waals surface area contributed by atoms with Gasteiger partial charge in [0.25, 0.3) is 15.9 Å². The van der Waals surface area contributed by atoms with Crippen molar-refractivity contribution in [2.24, 2.45) is 0 Å². The van der Waals surface area contributed by atoms with Gasteiger partial charge in [-0.25, -0.2) is 27.6 Å². The number of benzene rings is 3. The number of aliphatic carboxylic acids is 1. The Morgan fingerprint density at radius 1 is 0.932 bits per heavy atom. The molecule has 1 aromatic heterocycles. The lowest BCUT2D eigenvalue weighted by Gasteiger charge is -2.21. The maximum atomic E-state index is 13.1. The van der Waals surface area contributed by atoms with Gasteiger partial charge in [0.1, 0.15) is 5.82 Å². The highest BCUT2D eigenvalue weighted by molar-refractivity contribution is 7.90. The number of carboxylic acids is 1. The fourth-order valence-corrected chi connectivity index (χ4v) is 5.89. The van der Waals surface area contributed by atoms with Gasteiger partial charge in [-0.2, -0.15) is 0 Å². The smallest absolute Gasteiger partial charge is 0.334 e. The van der Waals surface area contributed by atoms with Gasteiger partial charge in [0.05, 0.1) is 17.5 Å². The molecule has 12 nitrogen and oxygen atoms in total. The van der Waals surface area contributed by atoms with Crippen LogP contribution in [0.1, 0.15) is 47.8 Å². The summed E-state index contributed by atoms with van der Waals surface area (Å²) in [5, 5.41) is 26.6. The molecule has 2 amide bonds. The van der Waals surface area contributed by atoms with Crippen molar-refractivity contribution >= 4 is 27.8 Å². The summed E-state index contributed by atoms with van der Waals surface area (Å²) in [5.74, 6) is -2.47. The number of hydrogen-bond acceptors (Lipinski definition) is 8. The third-order valence-electron chi connectivity index (χ3n) is 6.73. The number of aliphatic hydroxyl groups is 1. The molecule has 0 saturated carbocycles. The Labute approximate surface area is 254 Å². The summed E-state index contributed by atoms with van der Waals surface area (Å²) in [6.45, 7) is 3.34. The van der Waals surface area contributed by atoms with Crippen LogP contribution in [-0.4, -0.2) is 63.3 Å². The van der Waals surface area contributed by atoms with E-state index in [1.807, 2.05) is 17.7 Å². The van der Waals surface area contributed by atoms with E-state index in [2.05, 4.69) is 15.4 Å². The fraction of sp³-hybridized carbons (Fsp3) is 0.258. The van der Waals surface area contributed by atoms with E-state index in [9.17, 15) is 33.0 Å². The van der Waals surface area contributed by atoms with E-state index in [1.54, 1.807) is 71.4 Å². The quantitative estimate of drug-likeness (QED) is 0.175. The SMILES string of the molecule is CCCc1nc(C(=O)N[C@H](Cc2ccccc2)[C@@H](O)C(=O)O)nn1Cc1ccc(-c2ccccc2S(=O)(=O)NC(C)=O)cc1. The van der Waals surface area contributed by atoms with Crippen LogP contribution in [0.25, 0.3) is 11.1 Å². The molecule has 4 aromatic rings. The van der Waals surface area contributed by atoms with E-state index >= 15 is 0 Å². The number of carbonyl (C=O) groups excluding carboxylic acids is 2. The van der Waals surface area contributed by atoms with Crippen LogP contribution in [0.15, 0.2) is 83.8 Å². The predicted octanol–water partition coefficient (Wildman–Crippen LogP) is 2.56. The monoisotopic (exact) mass is 619 g/mol. The molecule has 0 spiro atoms. The van der Waals surface area contributed by atoms with Gasteiger partial charge in [-0.3, -0.25) is 9.59 Å². The first-order valence-electron chi connectivity index (χ1n) is 13.9. The molecule has 44 heavy (non-hydrogen) atoms. The van der Waals surface area contributed by atoms with E-state index in [0.29, 0.717) is 23.4 Å². The topological polar surface area (TPSA) is 181 Å². The summed E-state index contributed by atoms with van der Waals surface area (Å²) in [4.78, 5) is 40.5. The van der Waals surface area contributed by atoms with E-state index in [1.165, 1.54) is 6.07 Å². The fourth-order valence-electron chi connectivity index (χ4n) is 4.67. The molecule has 13 heteroatoms. The minimum Gasteiger partial charge on any atom is -0.479 e. The standard InChI is InChI=1S/C31H33N5O7S/c1-3-9-27-33-29(30(39)32-25(28(38)31(40)41)18-21-10-5-4-6-11-21)34-36(27)19-22-14-16-23(17-15-22)24-12-7-8-13-26(24)44(42,43)35-20(2)37/h4-8,10-17,25,28,38H,3,9,18-19H2,1-2H3,(H,32,39)(H,35,37)(H,40,41)/t25-,28-/m1/s1. The highest BCUT2D eigenvalue weighted by Gasteiger charge is 2.29. The number of carboxylic acid groups (broad SMARTS) is 1. The number of aryl methyl sites for hydroxylation is 1. The Morgan fingerprint density at radius 3 is 2.23 bits per heavy atom. The van der Waals surface area contributed by atoms with Crippen LogP contribution in [0.3, 0.4) is 0 Å². The van der Waals surface area contributed by atoms with Gasteiger partial charge >= 0.3 is 5.97 Å². The molecular formula is C31H33N5O7S. The second kappa shape index (κ2) is 14.1. The molecule has 0 fully saturated rings. The molecule has 0 radical (unpaired) electrons. The summed E-state index contributed by atoms with van der Waals surface area (Å²) in [5.41, 5.74) is 2.58. The minimum absolute atomic E-state index is 0.0290. The lowest BCUT2D eigenvalue weighted by atomic mass is 10.0. The van der Waals surface area contributed by atoms with Crippen LogP contribution in [0, 0.1) is 0 Å². The number of aromatic nitrogens is 3. The predicted molar refractivity (Wildman–Crippen MR) is 161 cm³/mol. The summed E-state index contributed by atoms with van der Waals surface area (Å²) in [6.07, 6.45) is -0.498. The van der Waals surface area contributed by atoms with Gasteiger partial charge in [0, 0.05) is 18.9 Å². The molecule has 2 atom stereocenters. The summed E-state index contributed by atoms with van der Waals surface area (Å²) in [6, 6.07) is 21.2. The molecule has 0 aliphatic rings. The Kier molecular flexibility index (Phi) is 10.2. The average molecular weight is 620 g/mol. The first-order valence-corrected chi connectivity index (χ1v) is 15.4. The molecule has 230 valence electrons. The van der Waals surface area contributed by atoms with Crippen molar-refractivity contribution in [3.63, 3.8) is 0 Å². The van der Waals surface area contributed by atoms with Crippen LogP contribution < -0.4 is 10.0 Å². The number of amides is 2. The highest BCUT2D eigenvalue weighted by atomic mass is 32.2. The zero-order valence-electron chi connectivity index (χ0n) is 24.2. The maximum absolute atomic E-state index is 13.1. The van der Waals surface area contributed by atoms with Crippen LogP contribution in [0.5, 0.6) is 0 Å². The first kappa shape index (κ1) is 32.0. The van der Waals surface area contributed by atoms with Crippen LogP contribution in [0.4, 0.5) is 0 Å². The molecule has 4 N–H and O–H groups in total. The second-order valence-electron chi connectivity index (χ2n) is 10.2. The number of rotatable bonds is 13. The van der Waals surface area contributed by atoms with Crippen molar-refractivity contribution < 1.29 is 33.0 Å². The van der Waals surface area contributed by atoms with E-state index in [4.69, 9.17) is 0 Å². The minimum atomic E-state index is -4.06. The third-order valence-corrected chi connectivity index (χ3v) is 8.22. The number of aliphatic hydroxyl groups excluding tert-OH is 1. The van der Waals surface area contributed by atoms with Crippen LogP contribution in [0.2, 0.25) is 0 Å². The van der Waals surface area contributed by atoms with Crippen molar-refractivity contribution in [1.82, 2.24) is 24.8 Å². The van der Waals surface area contributed by atoms with E-state index in [-0.39, 0.29) is 23.7 Å². The normalized spacial score (nSPS) is 12.7. The molecular weight excluding hydrogens is 586 g/mol. The van der Waals surface area contributed by atoms with E-state index in [0.717, 1.165) is 24.5 Å². The lowest BCUT2D eigenvalue weighted by Crippen LogP contribution is -2.48. The van der Waals surface area contributed by atoms with Crippen LogP contribution in [-0.2, 0) is 39.0 Å². The summed E-state index contributed by atoms with van der Waals surface area (Å²) < 4.78 is 29.0. The number of carbonyl (C=O) groups is 3. The molecule has 0 bridgehead atoms. The lowest BCUT2D eigenvalue weighted by molar-refractivity contribution is -0.148. The van der Waals surface area contributed by atoms with Crippen molar-refractivity contribution in [3.8, 4) is 11.1 Å². The number of nitrogens with zero attached hydrogens (tertiary/aromatic N) is 3. The molecule has 0 unspecified atom stereocenters. The number of sulfonamides is 1. The Hall–Kier alpha value is -4.88. The van der Waals surface area contributed by atoms with Gasteiger partial charge in [0.15, 0.2) is 6.10 Å². The molecule has 3 aromatic carbocycles. The summed E-state index contributed by atoms with van der Waals surface area (Å²) >= 11 is 0. The van der Waals surface area contributed by atoms with Crippen molar-refractivity contribution in [1.29, 1.82) is 0 Å². The Morgan fingerprint density at radius 2 is 1.59 bits per heavy atom. The second-order valence-corrected chi connectivity index (χ2v) is 11.8. The average Bonchev–Trinajstić information content (AvgIpc) is 3.39. The molecule has 0 saturated heterocycles. The maximum Gasteiger partial charge on any atom is 0.334 e. The molecule has 0 aliphatic carbocycles. The molecule has 0 aliphatic heterocycles. The molecule has 1 heterocycles. The van der Waals surface area contributed by atoms with Gasteiger partial charge in [0.2, 0.25) is 11.7 Å². The van der Waals surface area contributed by atoms with Crippen LogP contribution >= 0.6 is 0 Å². The molecule has 4 rings (SSSR count). The first-order chi connectivity index (χ1) is 21.0. The zero-order chi connectivity index (χ0) is 31.9. The Balaban J connectivity index is 1.55. The van der Waals surface area contributed by atoms with Crippen molar-refractivity contribution in [2.75, 3.05) is 0 Å². The van der Waals surface area contributed by atoms with Crippen molar-refractivity contribution in [3.05, 3.63) is 102 Å². The number of nitrogens with one attached hydrogen (secondary N) is 2. The highest BCUT2D eigenvalue weighted by Crippen LogP contribution is 2.27. The largest absolute Gasteiger partial charge is 0.479 e.